The molecule has 0 aliphatic rings. The van der Waals surface area contributed by atoms with Crippen LogP contribution in [0.15, 0.2) is 29.2 Å². The number of hydrogen-bond donors (Lipinski definition) is 0. The van der Waals surface area contributed by atoms with Crippen LogP contribution in [-0.2, 0) is 0 Å². The molecule has 0 bridgehead atoms. The summed E-state index contributed by atoms with van der Waals surface area (Å²) in [6.07, 6.45) is 0. The summed E-state index contributed by atoms with van der Waals surface area (Å²) in [6, 6.07) is 2.04. The summed E-state index contributed by atoms with van der Waals surface area (Å²) < 4.78 is 61.8. The average Bonchev–Trinajstić information content (AvgIpc) is 2.13. The van der Waals surface area contributed by atoms with E-state index in [0.29, 0.717) is 0 Å². The molecule has 0 atom stereocenters. The summed E-state index contributed by atoms with van der Waals surface area (Å²) >= 11 is 0. The van der Waals surface area contributed by atoms with E-state index in [1.165, 1.54) is 0 Å². The van der Waals surface area contributed by atoms with Crippen molar-refractivity contribution in [3.8, 4) is 0 Å². The normalized spacial score (nSPS) is 16.5. The van der Waals surface area contributed by atoms with Gasteiger partial charge in [-0.15, -0.1) is 0 Å². The van der Waals surface area contributed by atoms with Crippen LogP contribution in [-0.4, -0.2) is 5.78 Å². The number of carbonyl (C=O) groups is 1. The molecule has 0 spiro atoms. The van der Waals surface area contributed by atoms with Crippen molar-refractivity contribution in [2.24, 2.45) is 5.92 Å². The first-order chi connectivity index (χ1) is 7.31. The maximum Gasteiger partial charge on any atom is 0.310 e. The van der Waals surface area contributed by atoms with Crippen molar-refractivity contribution >= 4 is 16.0 Å². The van der Waals surface area contributed by atoms with E-state index in [2.05, 4.69) is 0 Å². The van der Waals surface area contributed by atoms with E-state index in [0.717, 1.165) is 12.1 Å². The zero-order valence-corrected chi connectivity index (χ0v) is 9.91. The van der Waals surface area contributed by atoms with Crippen molar-refractivity contribution in [2.45, 2.75) is 18.7 Å². The molecular weight excluding hydrogens is 263 g/mol. The lowest BCUT2D eigenvalue weighted by atomic mass is 10.0. The fourth-order valence-electron chi connectivity index (χ4n) is 1.21. The molecule has 1 aromatic rings. The van der Waals surface area contributed by atoms with Gasteiger partial charge >= 0.3 is 10.2 Å². The topological polar surface area (TPSA) is 17.1 Å². The largest absolute Gasteiger partial charge is 0.310 e. The number of rotatable bonds is 3. The fraction of sp³-hybridized carbons (Fsp3) is 0.300. The molecule has 98 valence electrons. The molecule has 1 nitrogen and oxygen atoms in total. The number of carbonyl (C=O) groups excluding carboxylic acids is 1. The minimum Gasteiger partial charge on any atom is -0.294 e. The molecular formula is C10H11F5OS. The van der Waals surface area contributed by atoms with Crippen molar-refractivity contribution in [1.29, 1.82) is 0 Å². The molecule has 0 unspecified atom stereocenters. The zero-order valence-electron chi connectivity index (χ0n) is 9.09. The fourth-order valence-corrected chi connectivity index (χ4v) is 1.86. The second kappa shape index (κ2) is 3.22. The zero-order chi connectivity index (χ0) is 13.5. The molecule has 0 amide bonds. The Morgan fingerprint density at radius 1 is 1.00 bits per heavy atom. The molecule has 0 fully saturated rings. The van der Waals surface area contributed by atoms with E-state index in [1.54, 1.807) is 13.8 Å². The minimum atomic E-state index is -9.63. The van der Waals surface area contributed by atoms with Gasteiger partial charge in [-0.1, -0.05) is 33.3 Å². The number of benzene rings is 1. The highest BCUT2D eigenvalue weighted by Gasteiger charge is 2.65. The Morgan fingerprint density at radius 3 is 1.71 bits per heavy atom. The molecule has 17 heavy (non-hydrogen) atoms. The molecule has 1 aromatic carbocycles. The molecule has 0 aliphatic carbocycles. The summed E-state index contributed by atoms with van der Waals surface area (Å²) in [5, 5.41) is 0. The first-order valence-corrected chi connectivity index (χ1v) is 6.65. The standard InChI is InChI=1S/C10H11F5OS/c1-7(2)10(16)8-3-5-9(6-4-8)17(11,12,13,14)15/h3-7H,1-2H3. The highest BCUT2D eigenvalue weighted by Crippen LogP contribution is 3.02. The van der Waals surface area contributed by atoms with E-state index >= 15 is 0 Å². The maximum absolute atomic E-state index is 12.4. The van der Waals surface area contributed by atoms with E-state index in [-0.39, 0.29) is 17.7 Å². The lowest BCUT2D eigenvalue weighted by Gasteiger charge is -2.40. The number of Topliss-reactive ketones (excluding diaryl/α,β-unsaturated/α-hetero) is 1. The second-order valence-electron chi connectivity index (χ2n) is 4.01. The van der Waals surface area contributed by atoms with Gasteiger partial charge in [0.15, 0.2) is 5.78 Å². The molecule has 1 rings (SSSR count). The van der Waals surface area contributed by atoms with E-state index in [1.807, 2.05) is 0 Å². The molecule has 0 saturated heterocycles. The monoisotopic (exact) mass is 274 g/mol. The Morgan fingerprint density at radius 2 is 1.41 bits per heavy atom. The summed E-state index contributed by atoms with van der Waals surface area (Å²) in [6.45, 7) is 3.14. The van der Waals surface area contributed by atoms with Crippen LogP contribution in [0, 0.1) is 5.92 Å². The Kier molecular flexibility index (Phi) is 2.64. The van der Waals surface area contributed by atoms with Crippen LogP contribution < -0.4 is 0 Å². The predicted octanol–water partition coefficient (Wildman–Crippen LogP) is 5.18. The predicted molar refractivity (Wildman–Crippen MR) is 57.0 cm³/mol. The van der Waals surface area contributed by atoms with Gasteiger partial charge in [0.25, 0.3) is 0 Å². The number of ketones is 1. The van der Waals surface area contributed by atoms with Gasteiger partial charge in [-0.2, -0.15) is 0 Å². The Hall–Kier alpha value is -1.11. The Labute approximate surface area is 95.4 Å². The maximum atomic E-state index is 12.4. The summed E-state index contributed by atoms with van der Waals surface area (Å²) in [5.74, 6) is -0.792. The third-order valence-electron chi connectivity index (χ3n) is 2.11. The van der Waals surface area contributed by atoms with Crippen LogP contribution in [0.1, 0.15) is 24.2 Å². The van der Waals surface area contributed by atoms with Crippen LogP contribution >= 0.6 is 10.2 Å². The van der Waals surface area contributed by atoms with Crippen LogP contribution in [0.3, 0.4) is 0 Å². The molecule has 0 N–H and O–H groups in total. The molecule has 0 saturated carbocycles. The van der Waals surface area contributed by atoms with E-state index < -0.39 is 26.8 Å². The van der Waals surface area contributed by atoms with Gasteiger partial charge in [-0.25, -0.2) is 0 Å². The average molecular weight is 274 g/mol. The van der Waals surface area contributed by atoms with Gasteiger partial charge in [0.2, 0.25) is 0 Å². The van der Waals surface area contributed by atoms with Crippen molar-refractivity contribution in [2.75, 3.05) is 0 Å². The number of halogens is 5. The van der Waals surface area contributed by atoms with Gasteiger partial charge in [0.1, 0.15) is 4.90 Å². The minimum absolute atomic E-state index is 0.00870. The SMILES string of the molecule is CC(C)C(=O)c1ccc(S(F)(F)(F)(F)F)cc1. The van der Waals surface area contributed by atoms with Gasteiger partial charge < -0.3 is 0 Å². The highest BCUT2D eigenvalue weighted by molar-refractivity contribution is 8.45. The van der Waals surface area contributed by atoms with Gasteiger partial charge in [-0.05, 0) is 24.3 Å². The lowest BCUT2D eigenvalue weighted by Crippen LogP contribution is -2.09. The highest BCUT2D eigenvalue weighted by atomic mass is 32.5. The van der Waals surface area contributed by atoms with E-state index in [4.69, 9.17) is 0 Å². The molecule has 0 aromatic heterocycles. The van der Waals surface area contributed by atoms with Crippen molar-refractivity contribution < 1.29 is 24.2 Å². The quantitative estimate of drug-likeness (QED) is 0.548. The number of hydrogen-bond acceptors (Lipinski definition) is 1. The van der Waals surface area contributed by atoms with Gasteiger partial charge in [-0.3, -0.25) is 4.79 Å². The van der Waals surface area contributed by atoms with Gasteiger partial charge in [0.05, 0.1) is 0 Å². The van der Waals surface area contributed by atoms with Crippen molar-refractivity contribution in [3.63, 3.8) is 0 Å². The molecule has 0 aliphatic heterocycles. The van der Waals surface area contributed by atoms with Crippen LogP contribution in [0.2, 0.25) is 0 Å². The summed E-state index contributed by atoms with van der Waals surface area (Å²) in [7, 11) is -9.63. The van der Waals surface area contributed by atoms with Crippen molar-refractivity contribution in [3.05, 3.63) is 29.8 Å². The molecule has 0 heterocycles. The third-order valence-corrected chi connectivity index (χ3v) is 3.27. The van der Waals surface area contributed by atoms with Crippen LogP contribution in [0.25, 0.3) is 0 Å². The molecule has 0 radical (unpaired) electrons. The van der Waals surface area contributed by atoms with Gasteiger partial charge in [0, 0.05) is 11.5 Å². The molecule has 7 heteroatoms. The van der Waals surface area contributed by atoms with Crippen LogP contribution in [0.4, 0.5) is 19.4 Å². The van der Waals surface area contributed by atoms with E-state index in [9.17, 15) is 24.2 Å². The van der Waals surface area contributed by atoms with Crippen LogP contribution in [0.5, 0.6) is 0 Å². The summed E-state index contributed by atoms with van der Waals surface area (Å²) in [4.78, 5) is 9.42. The lowest BCUT2D eigenvalue weighted by molar-refractivity contribution is 0.0939. The summed E-state index contributed by atoms with van der Waals surface area (Å²) in [5.41, 5.74) is -0.00870. The smallest absolute Gasteiger partial charge is 0.294 e. The Bertz CT molecular complexity index is 445. The third kappa shape index (κ3) is 3.42. The second-order valence-corrected chi connectivity index (χ2v) is 6.42. The Balaban J connectivity index is 3.19. The first kappa shape index (κ1) is 14.0. The first-order valence-electron chi connectivity index (χ1n) is 4.69. The van der Waals surface area contributed by atoms with Crippen molar-refractivity contribution in [1.82, 2.24) is 0 Å².